The van der Waals surface area contributed by atoms with Gasteiger partial charge in [0, 0.05) is 10.4 Å². The maximum atomic E-state index is 13.8. The smallest absolute Gasteiger partial charge is 0.234 e. The van der Waals surface area contributed by atoms with Crippen LogP contribution in [0.1, 0.15) is 21.4 Å². The topological polar surface area (TPSA) is 20.3 Å². The summed E-state index contributed by atoms with van der Waals surface area (Å²) in [4.78, 5) is 14.6. The minimum absolute atomic E-state index is 0.0195. The maximum absolute atomic E-state index is 13.8. The van der Waals surface area contributed by atoms with Crippen molar-refractivity contribution in [2.75, 3.05) is 5.75 Å². The Morgan fingerprint density at radius 1 is 1.23 bits per heavy atom. The van der Waals surface area contributed by atoms with Crippen LogP contribution in [-0.2, 0) is 11.3 Å². The zero-order chi connectivity index (χ0) is 15.9. The zero-order valence-corrected chi connectivity index (χ0v) is 13.2. The molecule has 1 aromatic heterocycles. The van der Waals surface area contributed by atoms with E-state index in [9.17, 15) is 18.0 Å². The van der Waals surface area contributed by atoms with Crippen molar-refractivity contribution in [2.24, 2.45) is 0 Å². The summed E-state index contributed by atoms with van der Waals surface area (Å²) in [6.07, 6.45) is 0. The van der Waals surface area contributed by atoms with Gasteiger partial charge in [-0.25, -0.2) is 13.2 Å². The van der Waals surface area contributed by atoms with Crippen molar-refractivity contribution in [2.45, 2.75) is 18.8 Å². The molecule has 2 heterocycles. The van der Waals surface area contributed by atoms with Gasteiger partial charge in [-0.15, -0.1) is 23.1 Å². The second kappa shape index (κ2) is 5.96. The third-order valence-electron chi connectivity index (χ3n) is 3.55. The second-order valence-electron chi connectivity index (χ2n) is 4.99. The predicted octanol–water partition coefficient (Wildman–Crippen LogP) is 4.25. The zero-order valence-electron chi connectivity index (χ0n) is 11.6. The van der Waals surface area contributed by atoms with E-state index in [2.05, 4.69) is 0 Å². The molecule has 1 aliphatic rings. The minimum Gasteiger partial charge on any atom is -0.321 e. The number of halogens is 3. The number of rotatable bonds is 3. The van der Waals surface area contributed by atoms with Gasteiger partial charge in [-0.2, -0.15) is 0 Å². The summed E-state index contributed by atoms with van der Waals surface area (Å²) in [5.41, 5.74) is 1.04. The van der Waals surface area contributed by atoms with E-state index in [-0.39, 0.29) is 23.4 Å². The van der Waals surface area contributed by atoms with Gasteiger partial charge in [-0.3, -0.25) is 4.79 Å². The van der Waals surface area contributed by atoms with E-state index in [1.54, 1.807) is 0 Å². The molecular weight excluding hydrogens is 331 g/mol. The van der Waals surface area contributed by atoms with Gasteiger partial charge in [-0.05, 0) is 30.0 Å². The fourth-order valence-electron chi connectivity index (χ4n) is 2.35. The van der Waals surface area contributed by atoms with E-state index >= 15 is 0 Å². The standard InChI is InChI=1S/C15H12F3NOS2/c1-8-4-5-21-14(8)15-19(11(20)7-22-15)6-9-2-3-10(16)13(18)12(9)17/h2-5,15H,6-7H2,1H3. The summed E-state index contributed by atoms with van der Waals surface area (Å²) in [5.74, 6) is -3.79. The number of carbonyl (C=O) groups excluding carboxylic acids is 1. The fraction of sp³-hybridized carbons (Fsp3) is 0.267. The van der Waals surface area contributed by atoms with Crippen molar-refractivity contribution < 1.29 is 18.0 Å². The lowest BCUT2D eigenvalue weighted by Gasteiger charge is -2.24. The van der Waals surface area contributed by atoms with Crippen LogP contribution in [-0.4, -0.2) is 16.6 Å². The van der Waals surface area contributed by atoms with Crippen LogP contribution in [0.15, 0.2) is 23.6 Å². The van der Waals surface area contributed by atoms with Crippen molar-refractivity contribution >= 4 is 29.0 Å². The van der Waals surface area contributed by atoms with Crippen LogP contribution in [0.4, 0.5) is 13.2 Å². The first-order valence-corrected chi connectivity index (χ1v) is 8.49. The molecule has 3 rings (SSSR count). The van der Waals surface area contributed by atoms with Crippen LogP contribution >= 0.6 is 23.1 Å². The highest BCUT2D eigenvalue weighted by Crippen LogP contribution is 2.43. The lowest BCUT2D eigenvalue weighted by atomic mass is 10.1. The molecule has 1 unspecified atom stereocenters. The number of thiophene rings is 1. The molecule has 1 aliphatic heterocycles. The summed E-state index contributed by atoms with van der Waals surface area (Å²) in [5, 5.41) is 1.73. The van der Waals surface area contributed by atoms with Crippen molar-refractivity contribution in [1.29, 1.82) is 0 Å². The Morgan fingerprint density at radius 2 is 2.00 bits per heavy atom. The van der Waals surface area contributed by atoms with Gasteiger partial charge in [-0.1, -0.05) is 6.07 Å². The van der Waals surface area contributed by atoms with Gasteiger partial charge in [0.15, 0.2) is 17.5 Å². The number of amides is 1. The molecule has 0 aliphatic carbocycles. The van der Waals surface area contributed by atoms with Crippen LogP contribution in [0.2, 0.25) is 0 Å². The van der Waals surface area contributed by atoms with E-state index in [0.29, 0.717) is 5.75 Å². The molecule has 2 aromatic rings. The molecule has 0 saturated carbocycles. The van der Waals surface area contributed by atoms with E-state index in [0.717, 1.165) is 16.5 Å². The van der Waals surface area contributed by atoms with Gasteiger partial charge in [0.25, 0.3) is 0 Å². The molecule has 22 heavy (non-hydrogen) atoms. The van der Waals surface area contributed by atoms with E-state index in [1.165, 1.54) is 34.1 Å². The van der Waals surface area contributed by atoms with Gasteiger partial charge >= 0.3 is 0 Å². The Balaban J connectivity index is 1.91. The minimum atomic E-state index is -1.50. The summed E-state index contributed by atoms with van der Waals surface area (Å²) in [7, 11) is 0. The first-order chi connectivity index (χ1) is 10.5. The molecule has 1 aromatic carbocycles. The first kappa shape index (κ1) is 15.4. The molecule has 0 spiro atoms. The first-order valence-electron chi connectivity index (χ1n) is 6.56. The van der Waals surface area contributed by atoms with Crippen LogP contribution in [0.5, 0.6) is 0 Å². The summed E-state index contributed by atoms with van der Waals surface area (Å²) < 4.78 is 40.2. The van der Waals surface area contributed by atoms with Crippen molar-refractivity contribution in [1.82, 2.24) is 4.90 Å². The molecule has 116 valence electrons. The quantitative estimate of drug-likeness (QED) is 0.777. The number of carbonyl (C=O) groups is 1. The normalized spacial score (nSPS) is 18.3. The molecule has 0 bridgehead atoms. The third kappa shape index (κ3) is 2.63. The Bertz CT molecular complexity index is 732. The number of aryl methyl sites for hydroxylation is 1. The molecular formula is C15H12F3NOS2. The number of hydrogen-bond acceptors (Lipinski definition) is 3. The molecule has 1 saturated heterocycles. The van der Waals surface area contributed by atoms with Gasteiger partial charge in [0.2, 0.25) is 5.91 Å². The molecule has 1 fully saturated rings. The highest BCUT2D eigenvalue weighted by atomic mass is 32.2. The fourth-order valence-corrected chi connectivity index (χ4v) is 4.81. The van der Waals surface area contributed by atoms with E-state index in [1.807, 2.05) is 18.4 Å². The van der Waals surface area contributed by atoms with Gasteiger partial charge in [0.05, 0.1) is 12.3 Å². The third-order valence-corrected chi connectivity index (χ3v) is 5.99. The molecule has 0 N–H and O–H groups in total. The van der Waals surface area contributed by atoms with Crippen LogP contribution in [0.25, 0.3) is 0 Å². The maximum Gasteiger partial charge on any atom is 0.234 e. The molecule has 1 amide bonds. The predicted molar refractivity (Wildman–Crippen MR) is 81.1 cm³/mol. The summed E-state index contributed by atoms with van der Waals surface area (Å²) in [6, 6.07) is 4.02. The Kier molecular flexibility index (Phi) is 4.18. The Hall–Kier alpha value is -1.47. The van der Waals surface area contributed by atoms with Crippen LogP contribution in [0.3, 0.4) is 0 Å². The summed E-state index contributed by atoms with van der Waals surface area (Å²) in [6.45, 7) is 1.88. The average molecular weight is 343 g/mol. The van der Waals surface area contributed by atoms with Gasteiger partial charge < -0.3 is 4.90 Å². The van der Waals surface area contributed by atoms with E-state index in [4.69, 9.17) is 0 Å². The van der Waals surface area contributed by atoms with Crippen LogP contribution < -0.4 is 0 Å². The highest BCUT2D eigenvalue weighted by Gasteiger charge is 2.35. The number of nitrogens with zero attached hydrogens (tertiary/aromatic N) is 1. The monoisotopic (exact) mass is 343 g/mol. The van der Waals surface area contributed by atoms with Crippen molar-refractivity contribution in [3.8, 4) is 0 Å². The van der Waals surface area contributed by atoms with Crippen molar-refractivity contribution in [3.05, 3.63) is 57.0 Å². The molecule has 1 atom stereocenters. The molecule has 2 nitrogen and oxygen atoms in total. The molecule has 7 heteroatoms. The SMILES string of the molecule is Cc1ccsc1C1SCC(=O)N1Cc1ccc(F)c(F)c1F. The van der Waals surface area contributed by atoms with Crippen LogP contribution in [0, 0.1) is 24.4 Å². The number of benzene rings is 1. The Morgan fingerprint density at radius 3 is 2.68 bits per heavy atom. The number of thioether (sulfide) groups is 1. The number of hydrogen-bond donors (Lipinski definition) is 0. The second-order valence-corrected chi connectivity index (χ2v) is 7.00. The lowest BCUT2D eigenvalue weighted by molar-refractivity contribution is -0.128. The lowest BCUT2D eigenvalue weighted by Crippen LogP contribution is -2.28. The molecule has 0 radical (unpaired) electrons. The largest absolute Gasteiger partial charge is 0.321 e. The highest BCUT2D eigenvalue weighted by molar-refractivity contribution is 8.00. The van der Waals surface area contributed by atoms with Gasteiger partial charge in [0.1, 0.15) is 5.37 Å². The van der Waals surface area contributed by atoms with E-state index < -0.39 is 17.5 Å². The Labute approximate surface area is 133 Å². The summed E-state index contributed by atoms with van der Waals surface area (Å²) >= 11 is 2.99. The average Bonchev–Trinajstić information content (AvgIpc) is 3.06. The van der Waals surface area contributed by atoms with Crippen molar-refractivity contribution in [3.63, 3.8) is 0 Å².